The quantitative estimate of drug-likeness (QED) is 0.756. The highest BCUT2D eigenvalue weighted by Gasteiger charge is 2.02. The summed E-state index contributed by atoms with van der Waals surface area (Å²) in [5, 5.41) is 10.4. The lowest BCUT2D eigenvalue weighted by Crippen LogP contribution is -1.86. The van der Waals surface area contributed by atoms with Gasteiger partial charge in [0.25, 0.3) is 0 Å². The van der Waals surface area contributed by atoms with Crippen LogP contribution in [0.25, 0.3) is 22.0 Å². The van der Waals surface area contributed by atoms with Gasteiger partial charge in [-0.1, -0.05) is 12.1 Å². The molecule has 0 aliphatic rings. The van der Waals surface area contributed by atoms with E-state index in [0.29, 0.717) is 0 Å². The molecule has 0 aliphatic carbocycles. The second kappa shape index (κ2) is 4.61. The van der Waals surface area contributed by atoms with Gasteiger partial charge < -0.3 is 9.84 Å². The Balaban J connectivity index is 2.08. The fourth-order valence-corrected chi connectivity index (χ4v) is 2.04. The Kier molecular flexibility index (Phi) is 2.80. The third-order valence-corrected chi connectivity index (χ3v) is 3.09. The highest BCUT2D eigenvalue weighted by atomic mass is 16.5. The van der Waals surface area contributed by atoms with Gasteiger partial charge in [0.1, 0.15) is 11.5 Å². The van der Waals surface area contributed by atoms with E-state index < -0.39 is 0 Å². The number of hydrogen-bond donors (Lipinski definition) is 1. The predicted octanol–water partition coefficient (Wildman–Crippen LogP) is 3.62. The normalized spacial score (nSPS) is 10.6. The molecule has 0 unspecified atom stereocenters. The number of hydrogen-bond acceptors (Lipinski definition) is 3. The number of rotatable bonds is 2. The first-order valence-electron chi connectivity index (χ1n) is 5.99. The van der Waals surface area contributed by atoms with Crippen molar-refractivity contribution in [3.8, 4) is 22.6 Å². The average Bonchev–Trinajstić information content (AvgIpc) is 2.47. The molecule has 0 fully saturated rings. The van der Waals surface area contributed by atoms with Crippen molar-refractivity contribution < 1.29 is 9.84 Å². The molecule has 0 amide bonds. The fourth-order valence-electron chi connectivity index (χ4n) is 2.04. The molecule has 94 valence electrons. The van der Waals surface area contributed by atoms with E-state index in [0.717, 1.165) is 27.8 Å². The third-order valence-electron chi connectivity index (χ3n) is 3.09. The van der Waals surface area contributed by atoms with Gasteiger partial charge in [-0.3, -0.25) is 4.98 Å². The molecule has 0 bridgehead atoms. The van der Waals surface area contributed by atoms with Crippen LogP contribution in [0, 0.1) is 0 Å². The first kappa shape index (κ1) is 11.5. The maximum absolute atomic E-state index is 9.30. The summed E-state index contributed by atoms with van der Waals surface area (Å²) < 4.78 is 5.18. The molecule has 3 rings (SSSR count). The van der Waals surface area contributed by atoms with Gasteiger partial charge in [-0.2, -0.15) is 0 Å². The smallest absolute Gasteiger partial charge is 0.121 e. The Bertz CT molecular complexity index is 720. The molecule has 0 spiro atoms. The number of methoxy groups -OCH3 is 1. The summed E-state index contributed by atoms with van der Waals surface area (Å²) in [5.41, 5.74) is 2.96. The Morgan fingerprint density at radius 1 is 0.947 bits per heavy atom. The summed E-state index contributed by atoms with van der Waals surface area (Å²) >= 11 is 0. The lowest BCUT2D eigenvalue weighted by molar-refractivity contribution is 0.415. The van der Waals surface area contributed by atoms with Crippen LogP contribution in [0.3, 0.4) is 0 Å². The van der Waals surface area contributed by atoms with Crippen LogP contribution in [0.1, 0.15) is 0 Å². The van der Waals surface area contributed by atoms with Crippen LogP contribution in [0.2, 0.25) is 0 Å². The fraction of sp³-hybridized carbons (Fsp3) is 0.0625. The number of aromatic nitrogens is 1. The second-order valence-corrected chi connectivity index (χ2v) is 4.33. The molecule has 0 radical (unpaired) electrons. The SMILES string of the molecule is COc1ccc2cc(-c3ccc(O)cc3)cnc2c1. The number of nitrogens with zero attached hydrogens (tertiary/aromatic N) is 1. The first-order valence-corrected chi connectivity index (χ1v) is 5.99. The van der Waals surface area contributed by atoms with Crippen LogP contribution in [0.15, 0.2) is 54.7 Å². The lowest BCUT2D eigenvalue weighted by Gasteiger charge is -2.05. The van der Waals surface area contributed by atoms with Crippen LogP contribution in [0.4, 0.5) is 0 Å². The summed E-state index contributed by atoms with van der Waals surface area (Å²) in [6.07, 6.45) is 1.83. The van der Waals surface area contributed by atoms with Crippen LogP contribution in [-0.4, -0.2) is 17.2 Å². The van der Waals surface area contributed by atoms with Crippen molar-refractivity contribution in [1.29, 1.82) is 0 Å². The van der Waals surface area contributed by atoms with Gasteiger partial charge in [0.2, 0.25) is 0 Å². The average molecular weight is 251 g/mol. The zero-order chi connectivity index (χ0) is 13.2. The van der Waals surface area contributed by atoms with Gasteiger partial charge in [0.15, 0.2) is 0 Å². The zero-order valence-electron chi connectivity index (χ0n) is 10.5. The molecule has 1 aromatic heterocycles. The predicted molar refractivity (Wildman–Crippen MR) is 75.4 cm³/mol. The van der Waals surface area contributed by atoms with E-state index in [1.165, 1.54) is 0 Å². The molecule has 0 saturated carbocycles. The molecule has 0 atom stereocenters. The molecule has 2 aromatic carbocycles. The number of benzene rings is 2. The number of fused-ring (bicyclic) bond motifs is 1. The minimum atomic E-state index is 0.266. The van der Waals surface area contributed by atoms with Crippen LogP contribution in [0.5, 0.6) is 11.5 Å². The van der Waals surface area contributed by atoms with E-state index in [-0.39, 0.29) is 5.75 Å². The summed E-state index contributed by atoms with van der Waals surface area (Å²) in [6.45, 7) is 0. The van der Waals surface area contributed by atoms with Crippen molar-refractivity contribution in [2.24, 2.45) is 0 Å². The molecule has 3 heteroatoms. The summed E-state index contributed by atoms with van der Waals surface area (Å²) in [4.78, 5) is 4.45. The summed E-state index contributed by atoms with van der Waals surface area (Å²) in [5.74, 6) is 1.07. The number of phenols is 1. The van der Waals surface area contributed by atoms with Gasteiger partial charge in [0.05, 0.1) is 12.6 Å². The molecule has 3 nitrogen and oxygen atoms in total. The van der Waals surface area contributed by atoms with Crippen molar-refractivity contribution in [2.45, 2.75) is 0 Å². The Morgan fingerprint density at radius 3 is 2.47 bits per heavy atom. The molecule has 0 saturated heterocycles. The Labute approximate surface area is 111 Å². The molecule has 1 N–H and O–H groups in total. The largest absolute Gasteiger partial charge is 0.508 e. The van der Waals surface area contributed by atoms with Gasteiger partial charge in [0, 0.05) is 23.2 Å². The lowest BCUT2D eigenvalue weighted by atomic mass is 10.1. The number of ether oxygens (including phenoxy) is 1. The van der Waals surface area contributed by atoms with Crippen molar-refractivity contribution in [2.75, 3.05) is 7.11 Å². The van der Waals surface area contributed by atoms with Crippen molar-refractivity contribution in [3.63, 3.8) is 0 Å². The maximum atomic E-state index is 9.30. The number of pyridine rings is 1. The summed E-state index contributed by atoms with van der Waals surface area (Å²) in [7, 11) is 1.64. The molecule has 1 heterocycles. The zero-order valence-corrected chi connectivity index (χ0v) is 10.5. The van der Waals surface area contributed by atoms with E-state index in [1.54, 1.807) is 19.2 Å². The molecule has 0 aliphatic heterocycles. The summed E-state index contributed by atoms with van der Waals surface area (Å²) in [6, 6.07) is 15.0. The van der Waals surface area contributed by atoms with Crippen LogP contribution in [-0.2, 0) is 0 Å². The topological polar surface area (TPSA) is 42.4 Å². The Morgan fingerprint density at radius 2 is 1.74 bits per heavy atom. The molecule has 19 heavy (non-hydrogen) atoms. The van der Waals surface area contributed by atoms with Gasteiger partial charge in [-0.15, -0.1) is 0 Å². The van der Waals surface area contributed by atoms with Gasteiger partial charge in [-0.25, -0.2) is 0 Å². The van der Waals surface area contributed by atoms with Gasteiger partial charge in [-0.05, 0) is 35.9 Å². The minimum Gasteiger partial charge on any atom is -0.508 e. The highest BCUT2D eigenvalue weighted by molar-refractivity contribution is 5.84. The monoisotopic (exact) mass is 251 g/mol. The standard InChI is InChI=1S/C16H13NO2/c1-19-15-7-4-12-8-13(10-17-16(12)9-15)11-2-5-14(18)6-3-11/h2-10,18H,1H3. The molecule has 3 aromatic rings. The van der Waals surface area contributed by atoms with Crippen LogP contribution >= 0.6 is 0 Å². The van der Waals surface area contributed by atoms with E-state index in [4.69, 9.17) is 4.74 Å². The number of aromatic hydroxyl groups is 1. The van der Waals surface area contributed by atoms with Crippen molar-refractivity contribution in [1.82, 2.24) is 4.98 Å². The molecular weight excluding hydrogens is 238 g/mol. The van der Waals surface area contributed by atoms with Crippen molar-refractivity contribution >= 4 is 10.9 Å². The number of phenolic OH excluding ortho intramolecular Hbond substituents is 1. The van der Waals surface area contributed by atoms with E-state index in [9.17, 15) is 5.11 Å². The van der Waals surface area contributed by atoms with E-state index in [2.05, 4.69) is 11.1 Å². The maximum Gasteiger partial charge on any atom is 0.121 e. The van der Waals surface area contributed by atoms with Gasteiger partial charge >= 0.3 is 0 Å². The van der Waals surface area contributed by atoms with Crippen molar-refractivity contribution in [3.05, 3.63) is 54.7 Å². The van der Waals surface area contributed by atoms with E-state index >= 15 is 0 Å². The van der Waals surface area contributed by atoms with Crippen LogP contribution < -0.4 is 4.74 Å². The highest BCUT2D eigenvalue weighted by Crippen LogP contribution is 2.26. The van der Waals surface area contributed by atoms with E-state index in [1.807, 2.05) is 36.5 Å². The third kappa shape index (κ3) is 2.22. The first-order chi connectivity index (χ1) is 9.26. The minimum absolute atomic E-state index is 0.266. The molecular formula is C16H13NO2. The Hall–Kier alpha value is -2.55. The second-order valence-electron chi connectivity index (χ2n) is 4.33.